The molecular weight excluding hydrogens is 360 g/mol. The molecule has 2 saturated heterocycles. The van der Waals surface area contributed by atoms with Gasteiger partial charge >= 0.3 is 5.97 Å². The molecule has 4 bridgehead atoms. The van der Waals surface area contributed by atoms with Crippen LogP contribution >= 0.6 is 0 Å². The Balaban J connectivity index is 1.97. The molecule has 0 saturated carbocycles. The number of carbonyl (C=O) groups excluding carboxylic acids is 3. The number of ketones is 2. The van der Waals surface area contributed by atoms with E-state index < -0.39 is 41.7 Å². The molecule has 0 amide bonds. The molecule has 0 aliphatic carbocycles. The van der Waals surface area contributed by atoms with E-state index in [-0.39, 0.29) is 23.9 Å². The van der Waals surface area contributed by atoms with Crippen molar-refractivity contribution in [2.24, 2.45) is 17.8 Å². The molecule has 0 aromatic rings. The third kappa shape index (κ3) is 4.08. The van der Waals surface area contributed by atoms with E-state index in [0.717, 1.165) is 12.8 Å². The Morgan fingerprint density at radius 3 is 2.68 bits per heavy atom. The molecule has 4 heterocycles. The van der Waals surface area contributed by atoms with Crippen molar-refractivity contribution >= 4 is 17.5 Å². The zero-order valence-electron chi connectivity index (χ0n) is 17.3. The first-order valence-corrected chi connectivity index (χ1v) is 10.5. The fraction of sp³-hybridized carbons (Fsp3) is 0.773. The number of esters is 1. The summed E-state index contributed by atoms with van der Waals surface area (Å²) in [6, 6.07) is 0. The van der Waals surface area contributed by atoms with Crippen molar-refractivity contribution in [2.45, 2.75) is 90.1 Å². The second kappa shape index (κ2) is 8.07. The highest BCUT2D eigenvalue weighted by Gasteiger charge is 2.48. The van der Waals surface area contributed by atoms with Gasteiger partial charge in [-0.2, -0.15) is 0 Å². The summed E-state index contributed by atoms with van der Waals surface area (Å²) in [4.78, 5) is 38.4. The van der Waals surface area contributed by atoms with Crippen LogP contribution in [-0.4, -0.2) is 46.6 Å². The lowest BCUT2D eigenvalue weighted by Crippen LogP contribution is -2.47. The zero-order valence-corrected chi connectivity index (χ0v) is 17.3. The lowest BCUT2D eigenvalue weighted by atomic mass is 9.78. The van der Waals surface area contributed by atoms with E-state index in [1.165, 1.54) is 0 Å². The average molecular weight is 392 g/mol. The van der Waals surface area contributed by atoms with Gasteiger partial charge in [-0.15, -0.1) is 0 Å². The molecule has 6 nitrogen and oxygen atoms in total. The van der Waals surface area contributed by atoms with Crippen molar-refractivity contribution in [1.82, 2.24) is 0 Å². The van der Waals surface area contributed by atoms with Gasteiger partial charge in [0, 0.05) is 6.42 Å². The molecule has 1 unspecified atom stereocenters. The van der Waals surface area contributed by atoms with E-state index in [2.05, 4.69) is 0 Å². The van der Waals surface area contributed by atoms with Gasteiger partial charge in [-0.05, 0) is 57.1 Å². The molecule has 4 aliphatic heterocycles. The number of aliphatic hydroxyl groups excluding tert-OH is 1. The van der Waals surface area contributed by atoms with Gasteiger partial charge in [0.05, 0.1) is 23.7 Å². The monoisotopic (exact) mass is 392 g/mol. The summed E-state index contributed by atoms with van der Waals surface area (Å²) in [5.74, 6) is -1.95. The third-order valence-corrected chi connectivity index (χ3v) is 6.59. The molecule has 0 aromatic heterocycles. The Kier molecular flexibility index (Phi) is 6.11. The van der Waals surface area contributed by atoms with Gasteiger partial charge in [0.2, 0.25) is 0 Å². The van der Waals surface area contributed by atoms with Gasteiger partial charge in [-0.3, -0.25) is 14.4 Å². The van der Waals surface area contributed by atoms with Crippen LogP contribution in [-0.2, 0) is 23.9 Å². The highest BCUT2D eigenvalue weighted by Crippen LogP contribution is 2.42. The first-order valence-electron chi connectivity index (χ1n) is 10.5. The molecule has 0 aromatic carbocycles. The van der Waals surface area contributed by atoms with Crippen LogP contribution in [0.4, 0.5) is 0 Å². The van der Waals surface area contributed by atoms with Crippen molar-refractivity contribution in [3.05, 3.63) is 11.6 Å². The zero-order chi connectivity index (χ0) is 20.6. The van der Waals surface area contributed by atoms with Gasteiger partial charge in [0.25, 0.3) is 0 Å². The minimum Gasteiger partial charge on any atom is -0.461 e. The molecule has 4 aliphatic rings. The predicted octanol–water partition coefficient (Wildman–Crippen LogP) is 2.76. The topological polar surface area (TPSA) is 89.9 Å². The first-order chi connectivity index (χ1) is 13.1. The number of hydrogen-bond donors (Lipinski definition) is 1. The summed E-state index contributed by atoms with van der Waals surface area (Å²) in [5, 5.41) is 10.6. The standard InChI is InChI=1S/C22H32O6/c1-5-6-14-18-10-16(23)12(2)9-17(24)20-13(3)11-22(4,28-20)8-7-15(19(14)25)21(26)27-18/h9,13-15,17-18,20,24H,5-8,10-11H2,1-4H3/b12-9+/t13-,14+,15?,17+,18+,20+,22-/m0/s1. The van der Waals surface area contributed by atoms with E-state index >= 15 is 0 Å². The van der Waals surface area contributed by atoms with Crippen molar-refractivity contribution < 1.29 is 29.0 Å². The minimum absolute atomic E-state index is 0.0251. The summed E-state index contributed by atoms with van der Waals surface area (Å²) >= 11 is 0. The number of rotatable bonds is 2. The van der Waals surface area contributed by atoms with Gasteiger partial charge in [-0.25, -0.2) is 0 Å². The molecule has 156 valence electrons. The molecule has 1 N–H and O–H groups in total. The normalized spacial score (nSPS) is 44.0. The summed E-state index contributed by atoms with van der Waals surface area (Å²) < 4.78 is 11.8. The van der Waals surface area contributed by atoms with Crippen LogP contribution in [0.3, 0.4) is 0 Å². The van der Waals surface area contributed by atoms with Crippen LogP contribution in [0.1, 0.15) is 66.2 Å². The third-order valence-electron chi connectivity index (χ3n) is 6.59. The highest BCUT2D eigenvalue weighted by atomic mass is 16.5. The predicted molar refractivity (Wildman–Crippen MR) is 102 cm³/mol. The lowest BCUT2D eigenvalue weighted by molar-refractivity contribution is -0.172. The highest BCUT2D eigenvalue weighted by molar-refractivity contribution is 6.03. The second-order valence-corrected chi connectivity index (χ2v) is 9.05. The summed E-state index contributed by atoms with van der Waals surface area (Å²) in [5.41, 5.74) is -0.103. The average Bonchev–Trinajstić information content (AvgIpc) is 2.92. The van der Waals surface area contributed by atoms with E-state index in [1.807, 2.05) is 20.8 Å². The molecule has 0 radical (unpaired) electrons. The lowest BCUT2D eigenvalue weighted by Gasteiger charge is -2.35. The first kappa shape index (κ1) is 21.2. The van der Waals surface area contributed by atoms with Crippen molar-refractivity contribution in [3.8, 4) is 0 Å². The maximum atomic E-state index is 13.1. The Bertz CT molecular complexity index is 683. The van der Waals surface area contributed by atoms with Crippen LogP contribution in [0.5, 0.6) is 0 Å². The SMILES string of the molecule is CCC[C@H]1C(=O)C2CC[C@@]3(C)C[C@H](C)[C@@H](O3)[C@H](O)/C=C(\C)C(=O)C[C@H]1OC2=O. The van der Waals surface area contributed by atoms with Crippen LogP contribution in [0.2, 0.25) is 0 Å². The number of allylic oxidation sites excluding steroid dienone is 1. The summed E-state index contributed by atoms with van der Waals surface area (Å²) in [6.07, 6.45) is 2.57. The Morgan fingerprint density at radius 2 is 2.00 bits per heavy atom. The van der Waals surface area contributed by atoms with Crippen molar-refractivity contribution in [2.75, 3.05) is 0 Å². The molecule has 2 fully saturated rings. The summed E-state index contributed by atoms with van der Waals surface area (Å²) in [7, 11) is 0. The smallest absolute Gasteiger partial charge is 0.316 e. The van der Waals surface area contributed by atoms with Crippen LogP contribution in [0.25, 0.3) is 0 Å². The Hall–Kier alpha value is -1.53. The van der Waals surface area contributed by atoms with Gasteiger partial charge in [-0.1, -0.05) is 20.3 Å². The quantitative estimate of drug-likeness (QED) is 0.574. The Labute approximate surface area is 166 Å². The largest absolute Gasteiger partial charge is 0.461 e. The van der Waals surface area contributed by atoms with Gasteiger partial charge in [0.15, 0.2) is 11.6 Å². The second-order valence-electron chi connectivity index (χ2n) is 9.05. The van der Waals surface area contributed by atoms with Crippen molar-refractivity contribution in [3.63, 3.8) is 0 Å². The maximum absolute atomic E-state index is 13.1. The molecule has 6 heteroatoms. The number of fused-ring (bicyclic) bond motifs is 6. The Morgan fingerprint density at radius 1 is 1.29 bits per heavy atom. The number of ether oxygens (including phenoxy) is 2. The van der Waals surface area contributed by atoms with Crippen LogP contribution in [0, 0.1) is 17.8 Å². The molecule has 28 heavy (non-hydrogen) atoms. The fourth-order valence-corrected chi connectivity index (χ4v) is 5.05. The van der Waals surface area contributed by atoms with Gasteiger partial charge < -0.3 is 14.6 Å². The van der Waals surface area contributed by atoms with E-state index in [4.69, 9.17) is 9.47 Å². The molecular formula is C22H32O6. The van der Waals surface area contributed by atoms with Crippen LogP contribution in [0.15, 0.2) is 11.6 Å². The minimum atomic E-state index is -0.864. The number of carbonyl (C=O) groups is 3. The number of hydrogen-bond acceptors (Lipinski definition) is 6. The number of Topliss-reactive ketones (excluding diaryl/α,β-unsaturated/α-hetero) is 2. The van der Waals surface area contributed by atoms with Crippen molar-refractivity contribution in [1.29, 1.82) is 0 Å². The maximum Gasteiger partial charge on any atom is 0.316 e. The molecule has 4 rings (SSSR count). The van der Waals surface area contributed by atoms with E-state index in [0.29, 0.717) is 24.8 Å². The van der Waals surface area contributed by atoms with Crippen LogP contribution < -0.4 is 0 Å². The molecule has 7 atom stereocenters. The van der Waals surface area contributed by atoms with E-state index in [9.17, 15) is 19.5 Å². The number of aliphatic hydroxyl groups is 1. The summed E-state index contributed by atoms with van der Waals surface area (Å²) in [6.45, 7) is 7.62. The van der Waals surface area contributed by atoms with E-state index in [1.54, 1.807) is 13.0 Å². The van der Waals surface area contributed by atoms with Gasteiger partial charge in [0.1, 0.15) is 12.0 Å². The molecule has 0 spiro atoms. The fourth-order valence-electron chi connectivity index (χ4n) is 5.05.